The zero-order chi connectivity index (χ0) is 26.5. The number of carbonyl (C=O) groups is 2. The predicted octanol–water partition coefficient (Wildman–Crippen LogP) is 4.86. The number of nitrogens with zero attached hydrogens (tertiary/aromatic N) is 3. The van der Waals surface area contributed by atoms with E-state index in [1.165, 1.54) is 29.5 Å². The molecule has 3 aromatic carbocycles. The van der Waals surface area contributed by atoms with Crippen molar-refractivity contribution in [3.63, 3.8) is 0 Å². The molecule has 38 heavy (non-hydrogen) atoms. The molecule has 4 aromatic rings. The van der Waals surface area contributed by atoms with E-state index in [0.29, 0.717) is 31.7 Å². The van der Waals surface area contributed by atoms with Gasteiger partial charge < -0.3 is 4.90 Å². The van der Waals surface area contributed by atoms with E-state index >= 15 is 0 Å². The quantitative estimate of drug-likeness (QED) is 0.255. The maximum atomic E-state index is 13.9. The molecule has 6 nitrogen and oxygen atoms in total. The van der Waals surface area contributed by atoms with Crippen LogP contribution in [-0.4, -0.2) is 52.2 Å². The Morgan fingerprint density at radius 1 is 0.684 bits per heavy atom. The van der Waals surface area contributed by atoms with Crippen molar-refractivity contribution in [2.24, 2.45) is 0 Å². The summed E-state index contributed by atoms with van der Waals surface area (Å²) in [6.07, 6.45) is 1.37. The second-order valence-electron chi connectivity index (χ2n) is 9.31. The number of halogens is 1. The van der Waals surface area contributed by atoms with E-state index < -0.39 is 23.3 Å². The number of Topliss-reactive ketones (excluding diaryl/α,β-unsaturated/α-hetero) is 1. The Morgan fingerprint density at radius 2 is 1.21 bits per heavy atom. The highest BCUT2D eigenvalue weighted by Crippen LogP contribution is 2.30. The summed E-state index contributed by atoms with van der Waals surface area (Å²) in [7, 11) is 0. The Kier molecular flexibility index (Phi) is 7.82. The van der Waals surface area contributed by atoms with Gasteiger partial charge in [0.1, 0.15) is 0 Å². The standard InChI is InChI=1S/C31H28ClN3O3/c32-26-16-17-27(36)35(22-26)29(30(37)25-14-8-3-9-15-25)31(38)34-20-18-33(19-21-34)28(23-10-4-1-5-11-23)24-12-6-2-7-13-24/h1-17,22,28-29H,18-21H2. The van der Waals surface area contributed by atoms with Crippen molar-refractivity contribution in [3.05, 3.63) is 141 Å². The van der Waals surface area contributed by atoms with Crippen LogP contribution in [0.5, 0.6) is 0 Å². The van der Waals surface area contributed by atoms with E-state index in [1.54, 1.807) is 35.2 Å². The summed E-state index contributed by atoms with van der Waals surface area (Å²) >= 11 is 6.17. The van der Waals surface area contributed by atoms with Gasteiger partial charge in [0, 0.05) is 44.0 Å². The maximum Gasteiger partial charge on any atom is 0.253 e. The first-order valence-electron chi connectivity index (χ1n) is 12.6. The molecule has 0 N–H and O–H groups in total. The molecule has 1 aliphatic rings. The minimum absolute atomic E-state index is 0.0481. The topological polar surface area (TPSA) is 62.6 Å². The van der Waals surface area contributed by atoms with Gasteiger partial charge in [-0.3, -0.25) is 23.9 Å². The molecule has 1 amide bonds. The summed E-state index contributed by atoms with van der Waals surface area (Å²) in [4.78, 5) is 44.3. The number of hydrogen-bond donors (Lipinski definition) is 0. The molecule has 0 radical (unpaired) electrons. The SMILES string of the molecule is O=C(c1ccccc1)C(C(=O)N1CCN(C(c2ccccc2)c2ccccc2)CC1)n1cc(Cl)ccc1=O. The molecule has 2 heterocycles. The summed E-state index contributed by atoms with van der Waals surface area (Å²) in [5.41, 5.74) is 2.27. The Labute approximate surface area is 226 Å². The second-order valence-corrected chi connectivity index (χ2v) is 9.75. The maximum absolute atomic E-state index is 13.9. The average Bonchev–Trinajstić information content (AvgIpc) is 2.97. The lowest BCUT2D eigenvalue weighted by Crippen LogP contribution is -2.53. The third kappa shape index (κ3) is 5.47. The minimum atomic E-state index is -1.32. The molecule has 1 fully saturated rings. The zero-order valence-corrected chi connectivity index (χ0v) is 21.6. The largest absolute Gasteiger partial charge is 0.338 e. The van der Waals surface area contributed by atoms with Gasteiger partial charge in [-0.25, -0.2) is 0 Å². The molecular formula is C31H28ClN3O3. The second kappa shape index (κ2) is 11.6. The number of aromatic nitrogens is 1. The molecule has 1 aliphatic heterocycles. The van der Waals surface area contributed by atoms with Crippen molar-refractivity contribution in [3.8, 4) is 0 Å². The molecular weight excluding hydrogens is 498 g/mol. The number of pyridine rings is 1. The van der Waals surface area contributed by atoms with Gasteiger partial charge in [0.25, 0.3) is 11.5 Å². The highest BCUT2D eigenvalue weighted by Gasteiger charge is 2.36. The van der Waals surface area contributed by atoms with Crippen molar-refractivity contribution in [2.75, 3.05) is 26.2 Å². The van der Waals surface area contributed by atoms with Gasteiger partial charge in [-0.15, -0.1) is 0 Å². The lowest BCUT2D eigenvalue weighted by atomic mass is 9.96. The first kappa shape index (κ1) is 25.6. The number of carbonyl (C=O) groups excluding carboxylic acids is 2. The smallest absolute Gasteiger partial charge is 0.253 e. The summed E-state index contributed by atoms with van der Waals surface area (Å²) in [6, 6.07) is 30.7. The van der Waals surface area contributed by atoms with E-state index in [1.807, 2.05) is 36.4 Å². The lowest BCUT2D eigenvalue weighted by molar-refractivity contribution is -0.135. The number of ketones is 1. The fourth-order valence-corrected chi connectivity index (χ4v) is 5.22. The summed E-state index contributed by atoms with van der Waals surface area (Å²) in [6.45, 7) is 2.11. The first-order chi connectivity index (χ1) is 18.5. The molecule has 1 aromatic heterocycles. The third-order valence-electron chi connectivity index (χ3n) is 6.94. The van der Waals surface area contributed by atoms with Gasteiger partial charge in [-0.2, -0.15) is 0 Å². The van der Waals surface area contributed by atoms with Crippen LogP contribution in [0.15, 0.2) is 114 Å². The van der Waals surface area contributed by atoms with Crippen LogP contribution in [0.2, 0.25) is 5.02 Å². The van der Waals surface area contributed by atoms with Crippen molar-refractivity contribution in [1.29, 1.82) is 0 Å². The van der Waals surface area contributed by atoms with Gasteiger partial charge in [0.15, 0.2) is 11.8 Å². The Balaban J connectivity index is 1.41. The number of rotatable bonds is 7. The lowest BCUT2D eigenvalue weighted by Gasteiger charge is -2.40. The minimum Gasteiger partial charge on any atom is -0.338 e. The van der Waals surface area contributed by atoms with Crippen LogP contribution in [0.3, 0.4) is 0 Å². The highest BCUT2D eigenvalue weighted by molar-refractivity contribution is 6.30. The van der Waals surface area contributed by atoms with Crippen LogP contribution in [0, 0.1) is 0 Å². The van der Waals surface area contributed by atoms with Gasteiger partial charge in [0.2, 0.25) is 0 Å². The molecule has 7 heteroatoms. The number of piperazine rings is 1. The molecule has 1 unspecified atom stereocenters. The fraction of sp³-hybridized carbons (Fsp3) is 0.194. The molecule has 0 aliphatic carbocycles. The molecule has 192 valence electrons. The van der Waals surface area contributed by atoms with E-state index in [-0.39, 0.29) is 11.1 Å². The predicted molar refractivity (Wildman–Crippen MR) is 148 cm³/mol. The Morgan fingerprint density at radius 3 is 1.76 bits per heavy atom. The molecule has 5 rings (SSSR count). The van der Waals surface area contributed by atoms with Crippen LogP contribution in [0.25, 0.3) is 0 Å². The Hall–Kier alpha value is -4.00. The van der Waals surface area contributed by atoms with E-state index in [2.05, 4.69) is 29.2 Å². The van der Waals surface area contributed by atoms with Gasteiger partial charge in [-0.05, 0) is 17.2 Å². The number of benzene rings is 3. The van der Waals surface area contributed by atoms with Gasteiger partial charge in [0.05, 0.1) is 11.1 Å². The number of hydrogen-bond acceptors (Lipinski definition) is 4. The molecule has 1 saturated heterocycles. The van der Waals surface area contributed by atoms with Crippen LogP contribution in [0.1, 0.15) is 33.6 Å². The van der Waals surface area contributed by atoms with E-state index in [0.717, 1.165) is 4.57 Å². The first-order valence-corrected chi connectivity index (χ1v) is 13.0. The highest BCUT2D eigenvalue weighted by atomic mass is 35.5. The van der Waals surface area contributed by atoms with Crippen LogP contribution in [0.4, 0.5) is 0 Å². The normalized spacial score (nSPS) is 14.8. The van der Waals surface area contributed by atoms with Crippen LogP contribution >= 0.6 is 11.6 Å². The molecule has 0 bridgehead atoms. The third-order valence-corrected chi connectivity index (χ3v) is 7.17. The fourth-order valence-electron chi connectivity index (χ4n) is 5.05. The van der Waals surface area contributed by atoms with Gasteiger partial charge in [-0.1, -0.05) is 103 Å². The zero-order valence-electron chi connectivity index (χ0n) is 20.8. The van der Waals surface area contributed by atoms with E-state index in [4.69, 9.17) is 11.6 Å². The van der Waals surface area contributed by atoms with Crippen LogP contribution < -0.4 is 5.56 Å². The summed E-state index contributed by atoms with van der Waals surface area (Å²) in [5.74, 6) is -0.840. The van der Waals surface area contributed by atoms with Crippen molar-refractivity contribution in [2.45, 2.75) is 12.1 Å². The Bertz CT molecular complexity index is 1410. The van der Waals surface area contributed by atoms with Crippen molar-refractivity contribution < 1.29 is 9.59 Å². The van der Waals surface area contributed by atoms with E-state index in [9.17, 15) is 14.4 Å². The average molecular weight is 526 g/mol. The molecule has 1 atom stereocenters. The molecule has 0 spiro atoms. The summed E-state index contributed by atoms with van der Waals surface area (Å²) < 4.78 is 1.16. The van der Waals surface area contributed by atoms with Crippen molar-refractivity contribution in [1.82, 2.24) is 14.4 Å². The van der Waals surface area contributed by atoms with Crippen LogP contribution in [-0.2, 0) is 4.79 Å². The summed E-state index contributed by atoms with van der Waals surface area (Å²) in [5, 5.41) is 0.279. The number of amides is 1. The molecule has 0 saturated carbocycles. The van der Waals surface area contributed by atoms with Gasteiger partial charge >= 0.3 is 0 Å². The monoisotopic (exact) mass is 525 g/mol. The van der Waals surface area contributed by atoms with Crippen molar-refractivity contribution >= 4 is 23.3 Å².